The number of aliphatic hydroxyl groups is 1. The number of hydrogen-bond donors (Lipinski definition) is 1. The van der Waals surface area contributed by atoms with Crippen LogP contribution in [0.15, 0.2) is 18.2 Å². The zero-order chi connectivity index (χ0) is 12.6. The summed E-state index contributed by atoms with van der Waals surface area (Å²) in [5, 5.41) is 11.1. The van der Waals surface area contributed by atoms with Gasteiger partial charge in [-0.1, -0.05) is 25.4 Å². The summed E-state index contributed by atoms with van der Waals surface area (Å²) in [6, 6.07) is 4.21. The molecule has 1 fully saturated rings. The fourth-order valence-electron chi connectivity index (χ4n) is 2.69. The summed E-state index contributed by atoms with van der Waals surface area (Å²) in [6.45, 7) is 4.32. The van der Waals surface area contributed by atoms with Gasteiger partial charge in [0.25, 0.3) is 0 Å². The Morgan fingerprint density at radius 1 is 1.35 bits per heavy atom. The molecule has 0 aromatic heterocycles. The van der Waals surface area contributed by atoms with Gasteiger partial charge in [0.15, 0.2) is 0 Å². The number of benzene rings is 1. The van der Waals surface area contributed by atoms with Crippen LogP contribution >= 0.6 is 11.6 Å². The maximum Gasteiger partial charge on any atom is 0.123 e. The summed E-state index contributed by atoms with van der Waals surface area (Å²) in [6.07, 6.45) is 2.25. The molecule has 2 rings (SSSR count). The summed E-state index contributed by atoms with van der Waals surface area (Å²) < 4.78 is 13.3. The van der Waals surface area contributed by atoms with Crippen LogP contribution < -0.4 is 0 Å². The van der Waals surface area contributed by atoms with Crippen molar-refractivity contribution >= 4 is 11.6 Å². The molecule has 3 unspecified atom stereocenters. The third kappa shape index (κ3) is 2.48. The molecule has 0 bridgehead atoms. The molecular weight excluding hydrogens is 239 g/mol. The second-order valence-electron chi connectivity index (χ2n) is 5.35. The van der Waals surface area contributed by atoms with Crippen LogP contribution in [0.3, 0.4) is 0 Å². The van der Waals surface area contributed by atoms with Crippen LogP contribution in [0.5, 0.6) is 0 Å². The van der Waals surface area contributed by atoms with Gasteiger partial charge in [-0.3, -0.25) is 0 Å². The van der Waals surface area contributed by atoms with Crippen LogP contribution in [0.1, 0.15) is 38.7 Å². The molecule has 1 aromatic carbocycles. The van der Waals surface area contributed by atoms with Gasteiger partial charge in [-0.05, 0) is 49.3 Å². The Labute approximate surface area is 107 Å². The molecule has 94 valence electrons. The van der Waals surface area contributed by atoms with Crippen molar-refractivity contribution < 1.29 is 9.50 Å². The highest BCUT2D eigenvalue weighted by molar-refractivity contribution is 6.31. The number of halogens is 2. The van der Waals surface area contributed by atoms with Gasteiger partial charge < -0.3 is 5.11 Å². The standard InChI is InChI=1S/C14H18ClFO/c1-9-5-6-14(17,8-10(9)2)12-7-11(16)3-4-13(12)15/h3-4,7,9-10,17H,5-6,8H2,1-2H3. The van der Waals surface area contributed by atoms with Gasteiger partial charge in [0.05, 0.1) is 5.60 Å². The molecular formula is C14H18ClFO. The summed E-state index contributed by atoms with van der Waals surface area (Å²) in [4.78, 5) is 0. The van der Waals surface area contributed by atoms with E-state index in [2.05, 4.69) is 13.8 Å². The Morgan fingerprint density at radius 3 is 2.71 bits per heavy atom. The first-order chi connectivity index (χ1) is 7.92. The van der Waals surface area contributed by atoms with Crippen molar-refractivity contribution in [3.05, 3.63) is 34.6 Å². The van der Waals surface area contributed by atoms with E-state index < -0.39 is 5.60 Å². The van der Waals surface area contributed by atoms with E-state index in [4.69, 9.17) is 11.6 Å². The minimum absolute atomic E-state index is 0.343. The van der Waals surface area contributed by atoms with Gasteiger partial charge in [0, 0.05) is 10.6 Å². The van der Waals surface area contributed by atoms with E-state index in [0.29, 0.717) is 35.3 Å². The largest absolute Gasteiger partial charge is 0.385 e. The van der Waals surface area contributed by atoms with Crippen LogP contribution in [0.4, 0.5) is 4.39 Å². The summed E-state index contributed by atoms with van der Waals surface area (Å²) in [5.74, 6) is 0.680. The zero-order valence-electron chi connectivity index (χ0n) is 10.2. The van der Waals surface area contributed by atoms with E-state index in [-0.39, 0.29) is 5.82 Å². The zero-order valence-corrected chi connectivity index (χ0v) is 11.0. The van der Waals surface area contributed by atoms with Crippen molar-refractivity contribution in [3.63, 3.8) is 0 Å². The lowest BCUT2D eigenvalue weighted by atomic mass is 9.70. The fourth-order valence-corrected chi connectivity index (χ4v) is 2.98. The average molecular weight is 257 g/mol. The maximum atomic E-state index is 13.3. The lowest BCUT2D eigenvalue weighted by Gasteiger charge is -2.39. The highest BCUT2D eigenvalue weighted by atomic mass is 35.5. The Bertz CT molecular complexity index is 421. The third-order valence-electron chi connectivity index (χ3n) is 4.07. The maximum absolute atomic E-state index is 13.3. The number of hydrogen-bond acceptors (Lipinski definition) is 1. The first-order valence-electron chi connectivity index (χ1n) is 6.10. The Morgan fingerprint density at radius 2 is 2.06 bits per heavy atom. The van der Waals surface area contributed by atoms with Crippen LogP contribution in [0.2, 0.25) is 5.02 Å². The van der Waals surface area contributed by atoms with E-state index in [9.17, 15) is 9.50 Å². The van der Waals surface area contributed by atoms with Gasteiger partial charge in [0.2, 0.25) is 0 Å². The molecule has 0 heterocycles. The van der Waals surface area contributed by atoms with E-state index in [1.54, 1.807) is 0 Å². The molecule has 1 aromatic rings. The van der Waals surface area contributed by atoms with Gasteiger partial charge in [-0.15, -0.1) is 0 Å². The van der Waals surface area contributed by atoms with Crippen LogP contribution in [0.25, 0.3) is 0 Å². The molecule has 1 aliphatic rings. The Hall–Kier alpha value is -0.600. The second-order valence-corrected chi connectivity index (χ2v) is 5.76. The van der Waals surface area contributed by atoms with E-state index in [1.165, 1.54) is 18.2 Å². The predicted molar refractivity (Wildman–Crippen MR) is 67.5 cm³/mol. The molecule has 0 amide bonds. The molecule has 1 N–H and O–H groups in total. The molecule has 17 heavy (non-hydrogen) atoms. The first kappa shape index (κ1) is 12.8. The van der Waals surface area contributed by atoms with Crippen molar-refractivity contribution in [3.8, 4) is 0 Å². The minimum Gasteiger partial charge on any atom is -0.385 e. The monoisotopic (exact) mass is 256 g/mol. The molecule has 3 atom stereocenters. The minimum atomic E-state index is -0.967. The quantitative estimate of drug-likeness (QED) is 0.801. The van der Waals surface area contributed by atoms with Crippen molar-refractivity contribution in [2.45, 2.75) is 38.7 Å². The number of rotatable bonds is 1. The smallest absolute Gasteiger partial charge is 0.123 e. The molecule has 0 saturated heterocycles. The lowest BCUT2D eigenvalue weighted by Crippen LogP contribution is -2.35. The summed E-state index contributed by atoms with van der Waals surface area (Å²) >= 11 is 6.08. The van der Waals surface area contributed by atoms with Crippen molar-refractivity contribution in [1.29, 1.82) is 0 Å². The normalized spacial score (nSPS) is 33.7. The summed E-state index contributed by atoms with van der Waals surface area (Å²) in [5.41, 5.74) is -0.427. The molecule has 1 aliphatic carbocycles. The topological polar surface area (TPSA) is 20.2 Å². The van der Waals surface area contributed by atoms with Gasteiger partial charge >= 0.3 is 0 Å². The molecule has 3 heteroatoms. The van der Waals surface area contributed by atoms with E-state index in [0.717, 1.165) is 6.42 Å². The lowest BCUT2D eigenvalue weighted by molar-refractivity contribution is -0.0337. The van der Waals surface area contributed by atoms with Crippen molar-refractivity contribution in [2.75, 3.05) is 0 Å². The van der Waals surface area contributed by atoms with Gasteiger partial charge in [-0.25, -0.2) is 4.39 Å². The fraction of sp³-hybridized carbons (Fsp3) is 0.571. The van der Waals surface area contributed by atoms with Gasteiger partial charge in [-0.2, -0.15) is 0 Å². The Balaban J connectivity index is 2.35. The molecule has 1 saturated carbocycles. The van der Waals surface area contributed by atoms with Crippen molar-refractivity contribution in [1.82, 2.24) is 0 Å². The first-order valence-corrected chi connectivity index (χ1v) is 6.48. The highest BCUT2D eigenvalue weighted by Gasteiger charge is 2.38. The van der Waals surface area contributed by atoms with Crippen LogP contribution in [-0.4, -0.2) is 5.11 Å². The second kappa shape index (κ2) is 4.58. The SMILES string of the molecule is CC1CCC(O)(c2cc(F)ccc2Cl)CC1C. The Kier molecular flexibility index (Phi) is 3.46. The predicted octanol–water partition coefficient (Wildman–Crippen LogP) is 4.12. The average Bonchev–Trinajstić information content (AvgIpc) is 2.27. The van der Waals surface area contributed by atoms with Crippen LogP contribution in [0, 0.1) is 17.7 Å². The van der Waals surface area contributed by atoms with Crippen molar-refractivity contribution in [2.24, 2.45) is 11.8 Å². The van der Waals surface area contributed by atoms with Crippen LogP contribution in [-0.2, 0) is 5.60 Å². The van der Waals surface area contributed by atoms with E-state index >= 15 is 0 Å². The molecule has 1 nitrogen and oxygen atoms in total. The molecule has 0 radical (unpaired) electrons. The summed E-state index contributed by atoms with van der Waals surface area (Å²) in [7, 11) is 0. The third-order valence-corrected chi connectivity index (χ3v) is 4.40. The van der Waals surface area contributed by atoms with Gasteiger partial charge in [0.1, 0.15) is 5.82 Å². The molecule has 0 aliphatic heterocycles. The molecule has 0 spiro atoms. The highest BCUT2D eigenvalue weighted by Crippen LogP contribution is 2.44. The van der Waals surface area contributed by atoms with E-state index in [1.807, 2.05) is 0 Å².